The normalized spacial score (nSPS) is 9.69. The van der Waals surface area contributed by atoms with Gasteiger partial charge >= 0.3 is 0 Å². The van der Waals surface area contributed by atoms with E-state index < -0.39 is 0 Å². The Morgan fingerprint density at radius 1 is 1.38 bits per heavy atom. The lowest BCUT2D eigenvalue weighted by Gasteiger charge is -1.99. The van der Waals surface area contributed by atoms with E-state index in [2.05, 4.69) is 12.2 Å². The molecule has 1 heterocycles. The number of furan rings is 1. The maximum Gasteiger partial charge on any atom is 0.117 e. The molecule has 0 radical (unpaired) electrons. The number of halogens is 1. The Balaban J connectivity index is 0.00000144. The van der Waals surface area contributed by atoms with E-state index in [4.69, 9.17) is 4.42 Å². The average Bonchev–Trinajstić information content (AvgIpc) is 2.45. The first-order valence-corrected chi connectivity index (χ1v) is 4.59. The number of hydrogen-bond donors (Lipinski definition) is 1. The highest BCUT2D eigenvalue weighted by molar-refractivity contribution is 5.85. The summed E-state index contributed by atoms with van der Waals surface area (Å²) in [6.45, 7) is 6.10. The van der Waals surface area contributed by atoms with Gasteiger partial charge in [-0.25, -0.2) is 0 Å². The van der Waals surface area contributed by atoms with Crippen molar-refractivity contribution in [3.63, 3.8) is 0 Å². The Bertz CT molecular complexity index is 222. The van der Waals surface area contributed by atoms with Gasteiger partial charge in [-0.05, 0) is 32.0 Å². The summed E-state index contributed by atoms with van der Waals surface area (Å²) >= 11 is 0. The fraction of sp³-hybridized carbons (Fsp3) is 0.600. The van der Waals surface area contributed by atoms with Crippen LogP contribution in [0.15, 0.2) is 16.5 Å². The molecule has 0 unspecified atom stereocenters. The smallest absolute Gasteiger partial charge is 0.117 e. The number of unbranched alkanes of at least 4 members (excludes halogenated alkanes) is 1. The van der Waals surface area contributed by atoms with Crippen LogP contribution < -0.4 is 5.32 Å². The molecule has 2 nitrogen and oxygen atoms in total. The van der Waals surface area contributed by atoms with Crippen LogP contribution in [0.5, 0.6) is 0 Å². The van der Waals surface area contributed by atoms with Crippen LogP contribution in [0.2, 0.25) is 0 Å². The fourth-order valence-corrected chi connectivity index (χ4v) is 1.09. The minimum absolute atomic E-state index is 0. The molecule has 3 heteroatoms. The van der Waals surface area contributed by atoms with Gasteiger partial charge in [-0.15, -0.1) is 12.4 Å². The van der Waals surface area contributed by atoms with Crippen molar-refractivity contribution in [2.24, 2.45) is 0 Å². The summed E-state index contributed by atoms with van der Waals surface area (Å²) in [6.07, 6.45) is 2.48. The van der Waals surface area contributed by atoms with Gasteiger partial charge in [0.1, 0.15) is 11.5 Å². The molecular weight excluding hydrogens is 186 g/mol. The maximum atomic E-state index is 5.40. The Kier molecular flexibility index (Phi) is 6.73. The molecule has 1 N–H and O–H groups in total. The molecule has 76 valence electrons. The minimum Gasteiger partial charge on any atom is -0.465 e. The largest absolute Gasteiger partial charge is 0.465 e. The van der Waals surface area contributed by atoms with E-state index in [1.807, 2.05) is 19.1 Å². The first kappa shape index (κ1) is 12.5. The molecule has 0 aliphatic carbocycles. The van der Waals surface area contributed by atoms with Crippen LogP contribution in [0.3, 0.4) is 0 Å². The second-order valence-electron chi connectivity index (χ2n) is 3.04. The molecule has 1 aromatic heterocycles. The molecule has 0 aromatic carbocycles. The monoisotopic (exact) mass is 203 g/mol. The lowest BCUT2D eigenvalue weighted by Crippen LogP contribution is -2.13. The highest BCUT2D eigenvalue weighted by atomic mass is 35.5. The van der Waals surface area contributed by atoms with E-state index in [0.717, 1.165) is 24.6 Å². The van der Waals surface area contributed by atoms with Crippen LogP contribution in [-0.2, 0) is 6.54 Å². The molecule has 0 spiro atoms. The Morgan fingerprint density at radius 3 is 2.69 bits per heavy atom. The average molecular weight is 204 g/mol. The molecule has 0 aliphatic rings. The molecule has 0 saturated heterocycles. The van der Waals surface area contributed by atoms with Gasteiger partial charge in [-0.2, -0.15) is 0 Å². The predicted molar refractivity (Wildman–Crippen MR) is 57.3 cm³/mol. The molecule has 0 saturated carbocycles. The third kappa shape index (κ3) is 4.96. The Morgan fingerprint density at radius 2 is 2.15 bits per heavy atom. The molecular formula is C10H18ClNO. The lowest BCUT2D eigenvalue weighted by atomic mass is 10.3. The van der Waals surface area contributed by atoms with Crippen molar-refractivity contribution in [1.29, 1.82) is 0 Å². The van der Waals surface area contributed by atoms with Crippen molar-refractivity contribution in [1.82, 2.24) is 5.32 Å². The van der Waals surface area contributed by atoms with Crippen molar-refractivity contribution in [3.8, 4) is 0 Å². The zero-order chi connectivity index (χ0) is 8.81. The maximum absolute atomic E-state index is 5.40. The predicted octanol–water partition coefficient (Wildman–Crippen LogP) is 2.90. The van der Waals surface area contributed by atoms with E-state index in [9.17, 15) is 0 Å². The van der Waals surface area contributed by atoms with Gasteiger partial charge in [0.2, 0.25) is 0 Å². The summed E-state index contributed by atoms with van der Waals surface area (Å²) < 4.78 is 5.40. The van der Waals surface area contributed by atoms with Gasteiger partial charge in [0.05, 0.1) is 6.54 Å². The second-order valence-corrected chi connectivity index (χ2v) is 3.04. The van der Waals surface area contributed by atoms with Crippen molar-refractivity contribution in [2.75, 3.05) is 6.54 Å². The highest BCUT2D eigenvalue weighted by Crippen LogP contribution is 2.05. The van der Waals surface area contributed by atoms with Gasteiger partial charge < -0.3 is 9.73 Å². The molecule has 13 heavy (non-hydrogen) atoms. The summed E-state index contributed by atoms with van der Waals surface area (Å²) in [5.74, 6) is 2.02. The highest BCUT2D eigenvalue weighted by Gasteiger charge is 1.96. The molecule has 1 aromatic rings. The molecule has 0 atom stereocenters. The van der Waals surface area contributed by atoms with E-state index in [0.29, 0.717) is 0 Å². The van der Waals surface area contributed by atoms with Crippen LogP contribution in [-0.4, -0.2) is 6.54 Å². The summed E-state index contributed by atoms with van der Waals surface area (Å²) in [4.78, 5) is 0. The van der Waals surface area contributed by atoms with Crippen molar-refractivity contribution in [3.05, 3.63) is 23.7 Å². The standard InChI is InChI=1S/C10H17NO.ClH/c1-3-4-7-11-8-10-6-5-9(2)12-10;/h5-6,11H,3-4,7-8H2,1-2H3;1H. The van der Waals surface area contributed by atoms with E-state index in [1.165, 1.54) is 12.8 Å². The first-order valence-electron chi connectivity index (χ1n) is 4.59. The van der Waals surface area contributed by atoms with Gasteiger partial charge in [0.15, 0.2) is 0 Å². The Labute approximate surface area is 86.1 Å². The number of nitrogens with one attached hydrogen (secondary N) is 1. The first-order chi connectivity index (χ1) is 5.83. The summed E-state index contributed by atoms with van der Waals surface area (Å²) in [7, 11) is 0. The van der Waals surface area contributed by atoms with Crippen LogP contribution in [0.25, 0.3) is 0 Å². The number of hydrogen-bond acceptors (Lipinski definition) is 2. The topological polar surface area (TPSA) is 25.2 Å². The van der Waals surface area contributed by atoms with E-state index >= 15 is 0 Å². The lowest BCUT2D eigenvalue weighted by molar-refractivity contribution is 0.460. The van der Waals surface area contributed by atoms with Gasteiger partial charge in [-0.1, -0.05) is 13.3 Å². The van der Waals surface area contributed by atoms with E-state index in [-0.39, 0.29) is 12.4 Å². The van der Waals surface area contributed by atoms with Crippen LogP contribution in [0.4, 0.5) is 0 Å². The minimum atomic E-state index is 0. The van der Waals surface area contributed by atoms with Gasteiger partial charge in [0.25, 0.3) is 0 Å². The third-order valence-electron chi connectivity index (χ3n) is 1.80. The molecule has 1 rings (SSSR count). The van der Waals surface area contributed by atoms with Gasteiger partial charge in [0, 0.05) is 0 Å². The number of rotatable bonds is 5. The van der Waals surface area contributed by atoms with Crippen LogP contribution in [0, 0.1) is 6.92 Å². The summed E-state index contributed by atoms with van der Waals surface area (Å²) in [5, 5.41) is 3.32. The van der Waals surface area contributed by atoms with Crippen LogP contribution in [0.1, 0.15) is 31.3 Å². The molecule has 0 fully saturated rings. The summed E-state index contributed by atoms with van der Waals surface area (Å²) in [6, 6.07) is 4.02. The SMILES string of the molecule is CCCCNCc1ccc(C)o1.Cl. The fourth-order valence-electron chi connectivity index (χ4n) is 1.09. The zero-order valence-electron chi connectivity index (χ0n) is 8.30. The molecule has 0 bridgehead atoms. The molecule has 0 aliphatic heterocycles. The van der Waals surface area contributed by atoms with Crippen molar-refractivity contribution >= 4 is 12.4 Å². The molecule has 0 amide bonds. The van der Waals surface area contributed by atoms with Crippen molar-refractivity contribution < 1.29 is 4.42 Å². The Hall–Kier alpha value is -0.470. The summed E-state index contributed by atoms with van der Waals surface area (Å²) in [5.41, 5.74) is 0. The number of aryl methyl sites for hydroxylation is 1. The van der Waals surface area contributed by atoms with Gasteiger partial charge in [-0.3, -0.25) is 0 Å². The van der Waals surface area contributed by atoms with Crippen LogP contribution >= 0.6 is 12.4 Å². The zero-order valence-corrected chi connectivity index (χ0v) is 9.12. The van der Waals surface area contributed by atoms with E-state index in [1.54, 1.807) is 0 Å². The van der Waals surface area contributed by atoms with Crippen molar-refractivity contribution in [2.45, 2.75) is 33.2 Å². The quantitative estimate of drug-likeness (QED) is 0.745. The third-order valence-corrected chi connectivity index (χ3v) is 1.80. The second kappa shape index (κ2) is 6.98.